The highest BCUT2D eigenvalue weighted by atomic mass is 16.2. The predicted octanol–water partition coefficient (Wildman–Crippen LogP) is 1.95. The number of aromatic nitrogens is 1. The van der Waals surface area contributed by atoms with Crippen LogP contribution in [0.2, 0.25) is 0 Å². The van der Waals surface area contributed by atoms with Crippen LogP contribution in [-0.4, -0.2) is 16.7 Å². The molecule has 0 radical (unpaired) electrons. The predicted molar refractivity (Wildman–Crippen MR) is 51.1 cm³/mol. The summed E-state index contributed by atoms with van der Waals surface area (Å²) >= 11 is 0. The maximum Gasteiger partial charge on any atom is 0.0404 e. The number of pyridine rings is 1. The van der Waals surface area contributed by atoms with E-state index in [0.717, 1.165) is 12.1 Å². The van der Waals surface area contributed by atoms with Gasteiger partial charge in [0, 0.05) is 18.5 Å². The topological polar surface area (TPSA) is 33.1 Å². The van der Waals surface area contributed by atoms with E-state index in [1.54, 1.807) is 6.92 Å². The van der Waals surface area contributed by atoms with Crippen LogP contribution in [0.5, 0.6) is 0 Å². The van der Waals surface area contributed by atoms with E-state index in [-0.39, 0.29) is 6.61 Å². The van der Waals surface area contributed by atoms with Gasteiger partial charge < -0.3 is 5.11 Å². The van der Waals surface area contributed by atoms with Gasteiger partial charge in [0.25, 0.3) is 0 Å². The number of hydrogen-bond acceptors (Lipinski definition) is 2. The van der Waals surface area contributed by atoms with Crippen molar-refractivity contribution in [2.24, 2.45) is 0 Å². The third-order valence-electron chi connectivity index (χ3n) is 1.50. The number of hydrogen-bond donors (Lipinski definition) is 1. The molecular formula is C10H17NO. The number of nitrogens with zero attached hydrogens (tertiary/aromatic N) is 1. The first-order valence-electron chi connectivity index (χ1n) is 4.27. The van der Waals surface area contributed by atoms with E-state index in [0.29, 0.717) is 0 Å². The quantitative estimate of drug-likeness (QED) is 0.693. The van der Waals surface area contributed by atoms with E-state index in [1.807, 2.05) is 19.2 Å². The van der Waals surface area contributed by atoms with E-state index >= 15 is 0 Å². The highest BCUT2D eigenvalue weighted by Gasteiger charge is 1.91. The highest BCUT2D eigenvalue weighted by Crippen LogP contribution is 2.02. The highest BCUT2D eigenvalue weighted by molar-refractivity contribution is 5.17. The fraction of sp³-hybridized carbons (Fsp3) is 0.500. The molecule has 1 N–H and O–H groups in total. The zero-order chi connectivity index (χ0) is 9.40. The van der Waals surface area contributed by atoms with Crippen LogP contribution in [0.3, 0.4) is 0 Å². The van der Waals surface area contributed by atoms with Gasteiger partial charge in [-0.25, -0.2) is 0 Å². The molecule has 1 aromatic heterocycles. The summed E-state index contributed by atoms with van der Waals surface area (Å²) in [6, 6.07) is 4.09. The first-order chi connectivity index (χ1) is 5.76. The van der Waals surface area contributed by atoms with Gasteiger partial charge in [-0.2, -0.15) is 0 Å². The monoisotopic (exact) mass is 167 g/mol. The Labute approximate surface area is 74.3 Å². The number of rotatable bonds is 1. The summed E-state index contributed by atoms with van der Waals surface area (Å²) in [5, 5.41) is 7.57. The second kappa shape index (κ2) is 6.80. The van der Waals surface area contributed by atoms with Gasteiger partial charge in [-0.15, -0.1) is 0 Å². The molecule has 0 spiro atoms. The molecule has 0 bridgehead atoms. The van der Waals surface area contributed by atoms with Crippen molar-refractivity contribution in [2.45, 2.75) is 27.2 Å². The summed E-state index contributed by atoms with van der Waals surface area (Å²) < 4.78 is 0. The molecule has 0 aliphatic heterocycles. The summed E-state index contributed by atoms with van der Waals surface area (Å²) in [6.07, 6.45) is 2.91. The van der Waals surface area contributed by atoms with Crippen molar-refractivity contribution in [1.82, 2.24) is 4.98 Å². The molecule has 1 rings (SSSR count). The van der Waals surface area contributed by atoms with Crippen LogP contribution in [0.25, 0.3) is 0 Å². The van der Waals surface area contributed by atoms with Crippen LogP contribution in [-0.2, 0) is 6.42 Å². The average Bonchev–Trinajstić information content (AvgIpc) is 2.07. The number of aliphatic hydroxyl groups excluding tert-OH is 1. The Hall–Kier alpha value is -0.890. The molecular weight excluding hydrogens is 150 g/mol. The molecule has 12 heavy (non-hydrogen) atoms. The standard InChI is InChI=1S/C8H11N.C2H6O/c1-3-8-5-4-6-9-7(8)2;1-2-3/h4-6H,3H2,1-2H3;3H,2H2,1H3. The summed E-state index contributed by atoms with van der Waals surface area (Å²) in [4.78, 5) is 4.15. The molecule has 0 aliphatic rings. The van der Waals surface area contributed by atoms with E-state index < -0.39 is 0 Å². The summed E-state index contributed by atoms with van der Waals surface area (Å²) in [5.41, 5.74) is 2.50. The van der Waals surface area contributed by atoms with Crippen LogP contribution in [0.4, 0.5) is 0 Å². The van der Waals surface area contributed by atoms with E-state index in [4.69, 9.17) is 5.11 Å². The van der Waals surface area contributed by atoms with Gasteiger partial charge in [-0.05, 0) is 31.9 Å². The molecule has 2 nitrogen and oxygen atoms in total. The molecule has 0 amide bonds. The lowest BCUT2D eigenvalue weighted by atomic mass is 10.2. The van der Waals surface area contributed by atoms with Crippen LogP contribution < -0.4 is 0 Å². The number of aliphatic hydroxyl groups is 1. The Balaban J connectivity index is 0.000000354. The molecule has 2 heteroatoms. The molecule has 0 atom stereocenters. The maximum atomic E-state index is 7.57. The van der Waals surface area contributed by atoms with E-state index in [9.17, 15) is 0 Å². The normalized spacial score (nSPS) is 8.67. The second-order valence-electron chi connectivity index (χ2n) is 2.42. The van der Waals surface area contributed by atoms with Crippen molar-refractivity contribution in [3.63, 3.8) is 0 Å². The van der Waals surface area contributed by atoms with Crippen molar-refractivity contribution in [1.29, 1.82) is 0 Å². The van der Waals surface area contributed by atoms with Gasteiger partial charge in [-0.1, -0.05) is 13.0 Å². The Morgan fingerprint density at radius 3 is 2.33 bits per heavy atom. The van der Waals surface area contributed by atoms with Crippen LogP contribution in [0.1, 0.15) is 25.1 Å². The molecule has 1 aromatic rings. The zero-order valence-electron chi connectivity index (χ0n) is 8.04. The van der Waals surface area contributed by atoms with Gasteiger partial charge in [0.1, 0.15) is 0 Å². The van der Waals surface area contributed by atoms with Crippen molar-refractivity contribution in [3.05, 3.63) is 29.6 Å². The first kappa shape index (κ1) is 11.1. The molecule has 0 fully saturated rings. The van der Waals surface area contributed by atoms with Gasteiger partial charge >= 0.3 is 0 Å². The van der Waals surface area contributed by atoms with Gasteiger partial charge in [0.2, 0.25) is 0 Å². The maximum absolute atomic E-state index is 7.57. The molecule has 0 unspecified atom stereocenters. The molecule has 68 valence electrons. The Morgan fingerprint density at radius 1 is 1.42 bits per heavy atom. The molecule has 0 saturated heterocycles. The fourth-order valence-corrected chi connectivity index (χ4v) is 0.891. The molecule has 1 heterocycles. The summed E-state index contributed by atoms with van der Waals surface area (Å²) in [5.74, 6) is 0. The summed E-state index contributed by atoms with van der Waals surface area (Å²) in [7, 11) is 0. The molecule has 0 aliphatic carbocycles. The third-order valence-corrected chi connectivity index (χ3v) is 1.50. The minimum atomic E-state index is 0.250. The number of aryl methyl sites for hydroxylation is 2. The van der Waals surface area contributed by atoms with E-state index in [2.05, 4.69) is 18.0 Å². The van der Waals surface area contributed by atoms with Gasteiger partial charge in [-0.3, -0.25) is 4.98 Å². The first-order valence-corrected chi connectivity index (χ1v) is 4.27. The Bertz CT molecular complexity index is 211. The largest absolute Gasteiger partial charge is 0.397 e. The summed E-state index contributed by atoms with van der Waals surface area (Å²) in [6.45, 7) is 6.11. The molecule has 0 aromatic carbocycles. The van der Waals surface area contributed by atoms with Crippen LogP contribution in [0, 0.1) is 6.92 Å². The van der Waals surface area contributed by atoms with Crippen molar-refractivity contribution in [3.8, 4) is 0 Å². The smallest absolute Gasteiger partial charge is 0.0404 e. The second-order valence-corrected chi connectivity index (χ2v) is 2.42. The van der Waals surface area contributed by atoms with Crippen molar-refractivity contribution < 1.29 is 5.11 Å². The fourth-order valence-electron chi connectivity index (χ4n) is 0.891. The minimum absolute atomic E-state index is 0.250. The van der Waals surface area contributed by atoms with Crippen molar-refractivity contribution in [2.75, 3.05) is 6.61 Å². The van der Waals surface area contributed by atoms with Gasteiger partial charge in [0.05, 0.1) is 0 Å². The van der Waals surface area contributed by atoms with Crippen LogP contribution in [0.15, 0.2) is 18.3 Å². The van der Waals surface area contributed by atoms with E-state index in [1.165, 1.54) is 5.56 Å². The lowest BCUT2D eigenvalue weighted by molar-refractivity contribution is 0.318. The van der Waals surface area contributed by atoms with Crippen molar-refractivity contribution >= 4 is 0 Å². The lowest BCUT2D eigenvalue weighted by Crippen LogP contribution is -1.87. The molecule has 0 saturated carbocycles. The zero-order valence-corrected chi connectivity index (χ0v) is 8.04. The Kier molecular flexibility index (Phi) is 6.29. The third kappa shape index (κ3) is 4.09. The SMILES string of the molecule is CCO.CCc1cccnc1C. The van der Waals surface area contributed by atoms with Crippen LogP contribution >= 0.6 is 0 Å². The lowest BCUT2D eigenvalue weighted by Gasteiger charge is -1.97. The van der Waals surface area contributed by atoms with Gasteiger partial charge in [0.15, 0.2) is 0 Å². The average molecular weight is 167 g/mol. The Morgan fingerprint density at radius 2 is 2.00 bits per heavy atom. The minimum Gasteiger partial charge on any atom is -0.397 e.